The molecule has 4 rings (SSSR count). The summed E-state index contributed by atoms with van der Waals surface area (Å²) in [5.41, 5.74) is 0.341. The van der Waals surface area contributed by atoms with E-state index in [1.165, 1.54) is 0 Å². The van der Waals surface area contributed by atoms with Gasteiger partial charge in [0.25, 0.3) is 0 Å². The van der Waals surface area contributed by atoms with Gasteiger partial charge in [-0.3, -0.25) is 14.4 Å². The van der Waals surface area contributed by atoms with Gasteiger partial charge in [0.05, 0.1) is 36.3 Å². The Kier molecular flexibility index (Phi) is 4.70. The average molecular weight is 386 g/mol. The van der Waals surface area contributed by atoms with Crippen molar-refractivity contribution in [3.05, 3.63) is 18.0 Å². The normalized spacial score (nSPS) is 28.5. The minimum atomic E-state index is -4.39. The van der Waals surface area contributed by atoms with Crippen molar-refractivity contribution in [2.45, 2.75) is 37.5 Å². The van der Waals surface area contributed by atoms with Crippen LogP contribution in [0.2, 0.25) is 0 Å². The zero-order valence-corrected chi connectivity index (χ0v) is 15.4. The van der Waals surface area contributed by atoms with Crippen LogP contribution in [-0.4, -0.2) is 70.1 Å². The zero-order chi connectivity index (χ0) is 19.2. The molecule has 0 radical (unpaired) electrons. The Bertz CT molecular complexity index is 701. The summed E-state index contributed by atoms with van der Waals surface area (Å²) in [6, 6.07) is 1.79. The van der Waals surface area contributed by atoms with Crippen LogP contribution in [0.1, 0.15) is 25.0 Å². The highest BCUT2D eigenvalue weighted by molar-refractivity contribution is 5.81. The first-order valence-electron chi connectivity index (χ1n) is 9.45. The monoisotopic (exact) mass is 386 g/mol. The smallest absolute Gasteiger partial charge is 0.377 e. The van der Waals surface area contributed by atoms with Crippen molar-refractivity contribution in [2.24, 2.45) is 18.9 Å². The molecule has 3 aliphatic rings. The third-order valence-corrected chi connectivity index (χ3v) is 6.24. The number of ether oxygens (including phenoxy) is 1. The highest BCUT2D eigenvalue weighted by Gasteiger charge is 2.56. The van der Waals surface area contributed by atoms with Crippen LogP contribution in [0, 0.1) is 11.8 Å². The topological polar surface area (TPSA) is 50.6 Å². The summed E-state index contributed by atoms with van der Waals surface area (Å²) in [6.07, 6.45) is 0.00746. The molecule has 2 atom stereocenters. The first kappa shape index (κ1) is 18.7. The number of rotatable bonds is 3. The van der Waals surface area contributed by atoms with Gasteiger partial charge < -0.3 is 9.64 Å². The minimum absolute atomic E-state index is 0.118. The molecular weight excluding hydrogens is 361 g/mol. The van der Waals surface area contributed by atoms with E-state index in [0.717, 1.165) is 19.3 Å². The number of amides is 1. The summed E-state index contributed by atoms with van der Waals surface area (Å²) in [5.74, 6) is -3.04. The summed E-state index contributed by atoms with van der Waals surface area (Å²) < 4.78 is 48.3. The maximum atomic E-state index is 13.7. The largest absolute Gasteiger partial charge is 0.393 e. The van der Waals surface area contributed by atoms with Crippen molar-refractivity contribution < 1.29 is 22.7 Å². The van der Waals surface area contributed by atoms with Gasteiger partial charge in [-0.2, -0.15) is 18.3 Å². The fourth-order valence-corrected chi connectivity index (χ4v) is 4.65. The van der Waals surface area contributed by atoms with Crippen molar-refractivity contribution in [2.75, 3.05) is 32.8 Å². The molecule has 0 aromatic carbocycles. The molecular formula is C18H25F3N4O2. The second kappa shape index (κ2) is 6.77. The third-order valence-electron chi connectivity index (χ3n) is 6.24. The predicted molar refractivity (Wildman–Crippen MR) is 90.6 cm³/mol. The summed E-state index contributed by atoms with van der Waals surface area (Å²) in [5, 5.41) is 4.25. The standard InChI is InChI=1S/C18H25F3N4O2/c1-23-6-3-13(22-23)9-24-10-14(15(11-24)18(19,20)21)16(26)25-7-8-27-12-17(25)4-2-5-17/h3,6,14-15H,2,4-5,7-12H2,1H3/t14-,15-/m0/s1. The molecule has 2 saturated heterocycles. The Balaban J connectivity index is 1.52. The van der Waals surface area contributed by atoms with E-state index in [2.05, 4.69) is 5.10 Å². The lowest BCUT2D eigenvalue weighted by atomic mass is 9.74. The molecule has 3 heterocycles. The minimum Gasteiger partial charge on any atom is -0.377 e. The molecule has 1 aliphatic carbocycles. The van der Waals surface area contributed by atoms with Crippen LogP contribution >= 0.6 is 0 Å². The number of aromatic nitrogens is 2. The van der Waals surface area contributed by atoms with Gasteiger partial charge in [0, 0.05) is 39.4 Å². The molecule has 1 spiro atoms. The number of halogens is 3. The Labute approximate surface area is 156 Å². The molecule has 0 bridgehead atoms. The summed E-state index contributed by atoms with van der Waals surface area (Å²) in [6.45, 7) is 1.51. The second-order valence-corrected chi connectivity index (χ2v) is 8.05. The SMILES string of the molecule is Cn1ccc(CN2C[C@H](C(=O)N3CCOCC34CCC4)[C@@H](C(F)(F)F)C2)n1. The van der Waals surface area contributed by atoms with Crippen LogP contribution in [-0.2, 0) is 23.1 Å². The lowest BCUT2D eigenvalue weighted by molar-refractivity contribution is -0.193. The molecule has 1 amide bonds. The summed E-state index contributed by atoms with van der Waals surface area (Å²) >= 11 is 0. The lowest BCUT2D eigenvalue weighted by Crippen LogP contribution is -2.64. The van der Waals surface area contributed by atoms with Crippen LogP contribution in [0.3, 0.4) is 0 Å². The second-order valence-electron chi connectivity index (χ2n) is 8.05. The van der Waals surface area contributed by atoms with Crippen molar-refractivity contribution in [1.29, 1.82) is 0 Å². The number of carbonyl (C=O) groups is 1. The van der Waals surface area contributed by atoms with Crippen molar-refractivity contribution in [3.63, 3.8) is 0 Å². The van der Waals surface area contributed by atoms with E-state index < -0.39 is 18.0 Å². The van der Waals surface area contributed by atoms with Gasteiger partial charge in [-0.05, 0) is 25.3 Å². The number of hydrogen-bond acceptors (Lipinski definition) is 4. The van der Waals surface area contributed by atoms with Gasteiger partial charge in [0.1, 0.15) is 0 Å². The molecule has 0 unspecified atom stereocenters. The molecule has 27 heavy (non-hydrogen) atoms. The van der Waals surface area contributed by atoms with Crippen LogP contribution in [0.15, 0.2) is 12.3 Å². The van der Waals surface area contributed by atoms with E-state index in [4.69, 9.17) is 4.74 Å². The number of morpholine rings is 1. The number of aryl methyl sites for hydroxylation is 1. The molecule has 2 aliphatic heterocycles. The molecule has 1 aromatic rings. The Hall–Kier alpha value is -1.61. The van der Waals surface area contributed by atoms with Crippen molar-refractivity contribution in [1.82, 2.24) is 19.6 Å². The van der Waals surface area contributed by atoms with Gasteiger partial charge in [0.15, 0.2) is 0 Å². The maximum absolute atomic E-state index is 13.7. The fourth-order valence-electron chi connectivity index (χ4n) is 4.65. The van der Waals surface area contributed by atoms with Gasteiger partial charge in [-0.1, -0.05) is 0 Å². The van der Waals surface area contributed by atoms with Gasteiger partial charge in [-0.15, -0.1) is 0 Å². The van der Waals surface area contributed by atoms with Crippen molar-refractivity contribution >= 4 is 5.91 Å². The molecule has 150 valence electrons. The molecule has 6 nitrogen and oxygen atoms in total. The molecule has 3 fully saturated rings. The summed E-state index contributed by atoms with van der Waals surface area (Å²) in [7, 11) is 1.77. The Morgan fingerprint density at radius 2 is 2.15 bits per heavy atom. The quantitative estimate of drug-likeness (QED) is 0.795. The summed E-state index contributed by atoms with van der Waals surface area (Å²) in [4.78, 5) is 16.6. The maximum Gasteiger partial charge on any atom is 0.393 e. The van der Waals surface area contributed by atoms with Crippen molar-refractivity contribution in [3.8, 4) is 0 Å². The van der Waals surface area contributed by atoms with E-state index in [1.54, 1.807) is 33.8 Å². The first-order valence-corrected chi connectivity index (χ1v) is 9.45. The average Bonchev–Trinajstić information content (AvgIpc) is 3.19. The third kappa shape index (κ3) is 3.47. The number of carbonyl (C=O) groups excluding carboxylic acids is 1. The number of hydrogen-bond donors (Lipinski definition) is 0. The van der Waals surface area contributed by atoms with E-state index in [0.29, 0.717) is 32.0 Å². The molecule has 9 heteroatoms. The van der Waals surface area contributed by atoms with Crippen LogP contribution in [0.4, 0.5) is 13.2 Å². The molecule has 0 N–H and O–H groups in total. The van der Waals surface area contributed by atoms with E-state index in [9.17, 15) is 18.0 Å². The van der Waals surface area contributed by atoms with Gasteiger partial charge in [0.2, 0.25) is 5.91 Å². The van der Waals surface area contributed by atoms with E-state index >= 15 is 0 Å². The fraction of sp³-hybridized carbons (Fsp3) is 0.778. The highest BCUT2D eigenvalue weighted by atomic mass is 19.4. The van der Waals surface area contributed by atoms with Crippen LogP contribution < -0.4 is 0 Å². The van der Waals surface area contributed by atoms with Gasteiger partial charge in [-0.25, -0.2) is 0 Å². The Morgan fingerprint density at radius 3 is 2.74 bits per heavy atom. The predicted octanol–water partition coefficient (Wildman–Crippen LogP) is 1.81. The number of nitrogens with zero attached hydrogens (tertiary/aromatic N) is 4. The zero-order valence-electron chi connectivity index (χ0n) is 15.4. The van der Waals surface area contributed by atoms with E-state index in [1.807, 2.05) is 0 Å². The van der Waals surface area contributed by atoms with Crippen LogP contribution in [0.25, 0.3) is 0 Å². The number of alkyl halides is 3. The number of likely N-dealkylation sites (tertiary alicyclic amines) is 1. The Morgan fingerprint density at radius 1 is 1.37 bits per heavy atom. The first-order chi connectivity index (χ1) is 12.8. The van der Waals surface area contributed by atoms with E-state index in [-0.39, 0.29) is 24.5 Å². The molecule has 1 saturated carbocycles. The highest BCUT2D eigenvalue weighted by Crippen LogP contribution is 2.44. The molecule has 1 aromatic heterocycles. The van der Waals surface area contributed by atoms with Crippen LogP contribution in [0.5, 0.6) is 0 Å². The van der Waals surface area contributed by atoms with Gasteiger partial charge >= 0.3 is 6.18 Å². The lowest BCUT2D eigenvalue weighted by Gasteiger charge is -2.53.